The van der Waals surface area contributed by atoms with Crippen LogP contribution < -0.4 is 16.0 Å². The van der Waals surface area contributed by atoms with Crippen molar-refractivity contribution in [1.82, 2.24) is 14.9 Å². The molecule has 1 aliphatic rings. The Kier molecular flexibility index (Phi) is 5.63. The summed E-state index contributed by atoms with van der Waals surface area (Å²) >= 11 is 0. The van der Waals surface area contributed by atoms with E-state index in [1.165, 1.54) is 17.9 Å². The maximum absolute atomic E-state index is 13.4. The van der Waals surface area contributed by atoms with Crippen LogP contribution in [0.3, 0.4) is 0 Å². The molecule has 1 aliphatic heterocycles. The summed E-state index contributed by atoms with van der Waals surface area (Å²) in [5, 5.41) is 31.1. The summed E-state index contributed by atoms with van der Waals surface area (Å²) in [6.45, 7) is 1.64. The number of amides is 2. The van der Waals surface area contributed by atoms with E-state index in [0.29, 0.717) is 33.7 Å². The van der Waals surface area contributed by atoms with Crippen molar-refractivity contribution in [1.29, 1.82) is 5.26 Å². The van der Waals surface area contributed by atoms with Gasteiger partial charge >= 0.3 is 0 Å². The molecule has 0 aliphatic carbocycles. The van der Waals surface area contributed by atoms with Crippen molar-refractivity contribution in [3.8, 4) is 11.8 Å². The Labute approximate surface area is 204 Å². The van der Waals surface area contributed by atoms with Gasteiger partial charge in [-0.25, -0.2) is 4.68 Å². The number of nitrogens with two attached hydrogens (primary N) is 1. The summed E-state index contributed by atoms with van der Waals surface area (Å²) in [5.41, 5.74) is 5.76. The number of carbonyl (C=O) groups is 2. The number of rotatable bonds is 5. The van der Waals surface area contributed by atoms with Crippen molar-refractivity contribution < 1.29 is 24.0 Å². The molecule has 1 saturated heterocycles. The molecule has 0 saturated carbocycles. The van der Waals surface area contributed by atoms with E-state index in [1.54, 1.807) is 53.3 Å². The van der Waals surface area contributed by atoms with Crippen LogP contribution in [0.15, 0.2) is 59.3 Å². The average Bonchev–Trinajstić information content (AvgIpc) is 3.52. The number of benzene rings is 2. The normalized spacial score (nSPS) is 18.7. The first kappa shape index (κ1) is 23.0. The lowest BCUT2D eigenvalue weighted by Crippen LogP contribution is -2.63. The predicted octanol–water partition coefficient (Wildman–Crippen LogP) is 1.59. The van der Waals surface area contributed by atoms with Gasteiger partial charge in [-0.3, -0.25) is 14.5 Å². The number of carbonyl (C=O) groups excluding carboxylic acids is 2. The maximum Gasteiger partial charge on any atom is 0.263 e. The molecule has 36 heavy (non-hydrogen) atoms. The Morgan fingerprint density at radius 2 is 2.06 bits per heavy atom. The topological polar surface area (TPSA) is 173 Å². The van der Waals surface area contributed by atoms with Gasteiger partial charge in [0.2, 0.25) is 0 Å². The summed E-state index contributed by atoms with van der Waals surface area (Å²) < 4.78 is 12.3. The number of nitrogen functional groups attached to an aromatic ring is 1. The average molecular weight is 487 g/mol. The molecule has 3 heterocycles. The van der Waals surface area contributed by atoms with Gasteiger partial charge in [-0.1, -0.05) is 5.16 Å². The fourth-order valence-electron chi connectivity index (χ4n) is 3.98. The summed E-state index contributed by atoms with van der Waals surface area (Å²) in [6.07, 6.45) is -0.143. The smallest absolute Gasteiger partial charge is 0.263 e. The molecule has 0 radical (unpaired) electrons. The molecule has 0 bridgehead atoms. The van der Waals surface area contributed by atoms with Crippen LogP contribution in [0.1, 0.15) is 12.5 Å². The highest BCUT2D eigenvalue weighted by atomic mass is 16.5. The molecule has 2 amide bonds. The van der Waals surface area contributed by atoms with Gasteiger partial charge in [-0.05, 0) is 43.3 Å². The van der Waals surface area contributed by atoms with Crippen molar-refractivity contribution in [3.05, 3.63) is 60.3 Å². The highest BCUT2D eigenvalue weighted by Crippen LogP contribution is 2.29. The summed E-state index contributed by atoms with van der Waals surface area (Å²) in [4.78, 5) is 27.6. The van der Waals surface area contributed by atoms with Crippen LogP contribution in [0, 0.1) is 11.3 Å². The quantitative estimate of drug-likeness (QED) is 0.378. The van der Waals surface area contributed by atoms with Crippen molar-refractivity contribution in [2.75, 3.05) is 29.1 Å². The molecule has 2 aromatic heterocycles. The second-order valence-electron chi connectivity index (χ2n) is 8.36. The van der Waals surface area contributed by atoms with Crippen LogP contribution in [-0.4, -0.2) is 56.7 Å². The van der Waals surface area contributed by atoms with Crippen LogP contribution in [0.25, 0.3) is 16.7 Å². The number of nitriles is 1. The number of morpholine rings is 1. The first-order valence-corrected chi connectivity index (χ1v) is 11.0. The number of aliphatic hydroxyl groups is 1. The number of nitrogens with zero attached hydrogens (tertiary/aromatic N) is 5. The van der Waals surface area contributed by atoms with E-state index in [9.17, 15) is 14.7 Å². The molecular formula is C24H21N7O5. The fourth-order valence-corrected chi connectivity index (χ4v) is 3.98. The fraction of sp³-hybridized carbons (Fsp3) is 0.208. The number of ether oxygens (including phenoxy) is 1. The van der Waals surface area contributed by atoms with Gasteiger partial charge in [0.1, 0.15) is 0 Å². The van der Waals surface area contributed by atoms with Crippen LogP contribution in [0.2, 0.25) is 0 Å². The third-order valence-electron chi connectivity index (χ3n) is 6.04. The van der Waals surface area contributed by atoms with Crippen LogP contribution >= 0.6 is 0 Å². The lowest BCUT2D eigenvalue weighted by Gasteiger charge is -2.40. The van der Waals surface area contributed by atoms with Crippen molar-refractivity contribution >= 4 is 40.1 Å². The molecule has 4 N–H and O–H groups in total. The van der Waals surface area contributed by atoms with Crippen LogP contribution in [0.4, 0.5) is 17.3 Å². The third-order valence-corrected chi connectivity index (χ3v) is 6.04. The van der Waals surface area contributed by atoms with E-state index >= 15 is 0 Å². The number of fused-ring (bicyclic) bond motifs is 1. The van der Waals surface area contributed by atoms with Crippen molar-refractivity contribution in [2.45, 2.75) is 18.6 Å². The standard InChI is InChI=1S/C24H21N7O5/c1-24(20(32)22(33)27-15-4-7-17-18(12-15)36-29-21(17)26)23(34)30(10-11-35-24)19-8-9-31(28-19)16-5-2-14(13-25)3-6-16/h2-9,12,20,32H,10-11H2,1H3,(H2,26,29)(H,27,33)/t20-,24+/m0/s1. The second-order valence-corrected chi connectivity index (χ2v) is 8.36. The SMILES string of the molecule is C[C@]1([C@@H](O)C(=O)Nc2ccc3c(N)noc3c2)OCCN(c2ccn(-c3ccc(C#N)cc3)n2)C1=O. The lowest BCUT2D eigenvalue weighted by molar-refractivity contribution is -0.170. The van der Waals surface area contributed by atoms with Gasteiger partial charge in [0, 0.05) is 24.0 Å². The zero-order valence-corrected chi connectivity index (χ0v) is 19.1. The maximum atomic E-state index is 13.4. The number of aromatic nitrogens is 3. The Balaban J connectivity index is 1.33. The summed E-state index contributed by atoms with van der Waals surface area (Å²) in [7, 11) is 0. The number of nitrogens with one attached hydrogen (secondary N) is 1. The van der Waals surface area contributed by atoms with Crippen LogP contribution in [0.5, 0.6) is 0 Å². The Morgan fingerprint density at radius 1 is 1.28 bits per heavy atom. The molecule has 5 rings (SSSR count). The van der Waals surface area contributed by atoms with Gasteiger partial charge in [-0.15, -0.1) is 5.10 Å². The number of hydrogen-bond acceptors (Lipinski definition) is 9. The molecule has 0 spiro atoms. The van der Waals surface area contributed by atoms with Gasteiger partial charge in [0.25, 0.3) is 11.8 Å². The van der Waals surface area contributed by atoms with E-state index in [4.69, 9.17) is 20.3 Å². The number of anilines is 3. The van der Waals surface area contributed by atoms with Gasteiger partial charge < -0.3 is 25.4 Å². The molecule has 182 valence electrons. The second kappa shape index (κ2) is 8.81. The van der Waals surface area contributed by atoms with E-state index in [1.807, 2.05) is 0 Å². The molecule has 12 nitrogen and oxygen atoms in total. The largest absolute Gasteiger partial charge is 0.380 e. The zero-order chi connectivity index (χ0) is 25.4. The zero-order valence-electron chi connectivity index (χ0n) is 19.1. The van der Waals surface area contributed by atoms with Crippen LogP contribution in [-0.2, 0) is 14.3 Å². The molecule has 4 aromatic rings. The molecule has 1 fully saturated rings. The third kappa shape index (κ3) is 3.92. The predicted molar refractivity (Wildman–Crippen MR) is 128 cm³/mol. The van der Waals surface area contributed by atoms with Gasteiger partial charge in [0.05, 0.1) is 35.9 Å². The summed E-state index contributed by atoms with van der Waals surface area (Å²) in [5.74, 6) is -0.888. The first-order valence-electron chi connectivity index (χ1n) is 11.0. The highest BCUT2D eigenvalue weighted by Gasteiger charge is 2.51. The summed E-state index contributed by atoms with van der Waals surface area (Å²) in [6, 6.07) is 15.2. The van der Waals surface area contributed by atoms with Crippen molar-refractivity contribution in [2.24, 2.45) is 0 Å². The molecule has 12 heteroatoms. The Bertz CT molecular complexity index is 1500. The van der Waals surface area contributed by atoms with Crippen molar-refractivity contribution in [3.63, 3.8) is 0 Å². The minimum atomic E-state index is -1.85. The minimum absolute atomic E-state index is 0.0829. The van der Waals surface area contributed by atoms with E-state index in [-0.39, 0.29) is 19.0 Å². The van der Waals surface area contributed by atoms with Gasteiger partial charge in [-0.2, -0.15) is 5.26 Å². The molecule has 0 unspecified atom stereocenters. The Hall–Kier alpha value is -4.73. The molecular weight excluding hydrogens is 466 g/mol. The van der Waals surface area contributed by atoms with E-state index in [2.05, 4.69) is 21.6 Å². The van der Waals surface area contributed by atoms with Gasteiger partial charge in [0.15, 0.2) is 28.9 Å². The lowest BCUT2D eigenvalue weighted by atomic mass is 9.94. The molecule has 2 aromatic carbocycles. The molecule has 2 atom stereocenters. The monoisotopic (exact) mass is 487 g/mol. The number of hydrogen-bond donors (Lipinski definition) is 3. The highest BCUT2D eigenvalue weighted by molar-refractivity contribution is 6.06. The van der Waals surface area contributed by atoms with E-state index < -0.39 is 23.5 Å². The van der Waals surface area contributed by atoms with E-state index in [0.717, 1.165) is 0 Å². The number of aliphatic hydroxyl groups excluding tert-OH is 1. The Morgan fingerprint density at radius 3 is 2.81 bits per heavy atom. The minimum Gasteiger partial charge on any atom is -0.380 e. The first-order chi connectivity index (χ1) is 17.3.